The molecule has 1 rings (SSSR count). The number of hydrogen-bond donors (Lipinski definition) is 2. The maximum Gasteiger partial charge on any atom is 0.191 e. The number of methoxy groups -OCH3 is 1. The van der Waals surface area contributed by atoms with Crippen LogP contribution in [0.5, 0.6) is 5.75 Å². The average molecular weight is 290 g/mol. The van der Waals surface area contributed by atoms with Crippen LogP contribution in [0.25, 0.3) is 0 Å². The summed E-state index contributed by atoms with van der Waals surface area (Å²) in [6, 6.07) is 8.35. The fourth-order valence-electron chi connectivity index (χ4n) is 2.03. The largest absolute Gasteiger partial charge is 0.497 e. The van der Waals surface area contributed by atoms with Crippen LogP contribution < -0.4 is 15.4 Å². The molecule has 1 aromatic rings. The van der Waals surface area contributed by atoms with E-state index in [4.69, 9.17) is 4.74 Å². The summed E-state index contributed by atoms with van der Waals surface area (Å²) in [7, 11) is 7.56. The monoisotopic (exact) mass is 290 g/mol. The first kappa shape index (κ1) is 17.0. The third-order valence-corrected chi connectivity index (χ3v) is 3.20. The van der Waals surface area contributed by atoms with E-state index < -0.39 is 0 Å². The molecular formula is C16H26N4O. The Morgan fingerprint density at radius 2 is 2.19 bits per heavy atom. The molecule has 0 heterocycles. The highest BCUT2D eigenvalue weighted by atomic mass is 16.5. The van der Waals surface area contributed by atoms with E-state index in [-0.39, 0.29) is 6.04 Å². The molecule has 0 aliphatic rings. The van der Waals surface area contributed by atoms with Crippen LogP contribution in [0.15, 0.2) is 41.9 Å². The number of hydrogen-bond acceptors (Lipinski definition) is 3. The normalized spacial score (nSPS) is 12.9. The highest BCUT2D eigenvalue weighted by Gasteiger charge is 2.15. The number of aliphatic imine (C=N–C) groups is 1. The number of guanidine groups is 1. The minimum Gasteiger partial charge on any atom is -0.497 e. The minimum atomic E-state index is 0.224. The molecule has 0 spiro atoms. The van der Waals surface area contributed by atoms with Crippen molar-refractivity contribution in [3.8, 4) is 5.75 Å². The molecule has 2 N–H and O–H groups in total. The van der Waals surface area contributed by atoms with Crippen LogP contribution in [-0.2, 0) is 0 Å². The molecule has 5 nitrogen and oxygen atoms in total. The van der Waals surface area contributed by atoms with Crippen molar-refractivity contribution in [2.24, 2.45) is 4.99 Å². The van der Waals surface area contributed by atoms with Gasteiger partial charge in [0.05, 0.1) is 13.2 Å². The molecule has 1 unspecified atom stereocenters. The Morgan fingerprint density at radius 3 is 2.76 bits per heavy atom. The second kappa shape index (κ2) is 9.02. The second-order valence-electron chi connectivity index (χ2n) is 4.88. The number of benzene rings is 1. The number of ether oxygens (including phenoxy) is 1. The molecule has 0 bridgehead atoms. The van der Waals surface area contributed by atoms with Crippen LogP contribution in [0, 0.1) is 0 Å². The average Bonchev–Trinajstić information content (AvgIpc) is 2.50. The van der Waals surface area contributed by atoms with Crippen molar-refractivity contribution >= 4 is 5.96 Å². The maximum atomic E-state index is 5.30. The third kappa shape index (κ3) is 5.47. The Bertz CT molecular complexity index is 471. The maximum absolute atomic E-state index is 5.30. The van der Waals surface area contributed by atoms with Gasteiger partial charge in [-0.1, -0.05) is 18.2 Å². The van der Waals surface area contributed by atoms with Gasteiger partial charge in [0.2, 0.25) is 0 Å². The van der Waals surface area contributed by atoms with E-state index in [0.717, 1.165) is 18.3 Å². The lowest BCUT2D eigenvalue weighted by Crippen LogP contribution is -2.41. The zero-order valence-electron chi connectivity index (χ0n) is 13.4. The third-order valence-electron chi connectivity index (χ3n) is 3.20. The van der Waals surface area contributed by atoms with E-state index >= 15 is 0 Å². The second-order valence-corrected chi connectivity index (χ2v) is 4.88. The van der Waals surface area contributed by atoms with E-state index in [1.54, 1.807) is 20.2 Å². The molecule has 5 heteroatoms. The summed E-state index contributed by atoms with van der Waals surface area (Å²) in [5.41, 5.74) is 1.20. The Kier molecular flexibility index (Phi) is 7.32. The molecule has 1 aromatic carbocycles. The zero-order valence-corrected chi connectivity index (χ0v) is 13.4. The van der Waals surface area contributed by atoms with Gasteiger partial charge >= 0.3 is 0 Å². The Labute approximate surface area is 127 Å². The van der Waals surface area contributed by atoms with Crippen LogP contribution in [0.3, 0.4) is 0 Å². The van der Waals surface area contributed by atoms with E-state index in [9.17, 15) is 0 Å². The molecule has 0 saturated heterocycles. The molecule has 0 fully saturated rings. The summed E-state index contributed by atoms with van der Waals surface area (Å²) >= 11 is 0. The number of nitrogens with zero attached hydrogens (tertiary/aromatic N) is 2. The fraction of sp³-hybridized carbons (Fsp3) is 0.438. The van der Waals surface area contributed by atoms with Gasteiger partial charge in [-0.05, 0) is 31.8 Å². The lowest BCUT2D eigenvalue weighted by atomic mass is 10.1. The summed E-state index contributed by atoms with van der Waals surface area (Å²) in [5.74, 6) is 1.64. The van der Waals surface area contributed by atoms with Crippen LogP contribution >= 0.6 is 0 Å². The van der Waals surface area contributed by atoms with E-state index in [1.807, 2.05) is 12.1 Å². The standard InChI is InChI=1S/C16H26N4O/c1-6-10-18-16(17-2)19-12-15(20(3)4)13-8-7-9-14(11-13)21-5/h6-9,11,15H,1,10,12H2,2-5H3,(H2,17,18,19). The van der Waals surface area contributed by atoms with Gasteiger partial charge in [-0.15, -0.1) is 6.58 Å². The quantitative estimate of drug-likeness (QED) is 0.455. The van der Waals surface area contributed by atoms with Gasteiger partial charge in [0.15, 0.2) is 5.96 Å². The highest BCUT2D eigenvalue weighted by Crippen LogP contribution is 2.21. The summed E-state index contributed by atoms with van der Waals surface area (Å²) in [6.07, 6.45) is 1.80. The Hall–Kier alpha value is -2.01. The number of nitrogens with one attached hydrogen (secondary N) is 2. The van der Waals surface area contributed by atoms with Gasteiger partial charge < -0.3 is 20.3 Å². The van der Waals surface area contributed by atoms with Gasteiger partial charge in [0.25, 0.3) is 0 Å². The van der Waals surface area contributed by atoms with Crippen molar-refractivity contribution in [1.29, 1.82) is 0 Å². The highest BCUT2D eigenvalue weighted by molar-refractivity contribution is 5.79. The summed E-state index contributed by atoms with van der Waals surface area (Å²) < 4.78 is 5.30. The van der Waals surface area contributed by atoms with Crippen LogP contribution in [0.2, 0.25) is 0 Å². The molecule has 0 aliphatic heterocycles. The molecule has 0 amide bonds. The molecule has 21 heavy (non-hydrogen) atoms. The van der Waals surface area contributed by atoms with Gasteiger partial charge in [-0.25, -0.2) is 0 Å². The summed E-state index contributed by atoms with van der Waals surface area (Å²) in [4.78, 5) is 6.36. The van der Waals surface area contributed by atoms with Gasteiger partial charge in [-0.2, -0.15) is 0 Å². The summed E-state index contributed by atoms with van der Waals surface area (Å²) in [5, 5.41) is 6.50. The number of likely N-dealkylation sites (N-methyl/N-ethyl adjacent to an activating group) is 1. The Balaban J connectivity index is 2.75. The van der Waals surface area contributed by atoms with Gasteiger partial charge in [-0.3, -0.25) is 4.99 Å². The SMILES string of the molecule is C=CCNC(=NC)NCC(c1cccc(OC)c1)N(C)C. The predicted molar refractivity (Wildman–Crippen MR) is 89.0 cm³/mol. The van der Waals surface area contributed by atoms with Crippen molar-refractivity contribution in [3.63, 3.8) is 0 Å². The van der Waals surface area contributed by atoms with Gasteiger partial charge in [0.1, 0.15) is 5.75 Å². The molecule has 0 aromatic heterocycles. The van der Waals surface area contributed by atoms with Crippen molar-refractivity contribution < 1.29 is 4.74 Å². The topological polar surface area (TPSA) is 48.9 Å². The summed E-state index contributed by atoms with van der Waals surface area (Å²) in [6.45, 7) is 5.12. The fourth-order valence-corrected chi connectivity index (χ4v) is 2.03. The van der Waals surface area contributed by atoms with Crippen molar-refractivity contribution in [1.82, 2.24) is 15.5 Å². The van der Waals surface area contributed by atoms with E-state index in [1.165, 1.54) is 5.56 Å². The molecule has 0 aliphatic carbocycles. The number of rotatable bonds is 7. The van der Waals surface area contributed by atoms with Crippen LogP contribution in [-0.4, -0.2) is 52.2 Å². The van der Waals surface area contributed by atoms with Crippen molar-refractivity contribution in [2.75, 3.05) is 41.3 Å². The van der Waals surface area contributed by atoms with E-state index in [0.29, 0.717) is 6.54 Å². The Morgan fingerprint density at radius 1 is 1.43 bits per heavy atom. The lowest BCUT2D eigenvalue weighted by molar-refractivity contribution is 0.297. The predicted octanol–water partition coefficient (Wildman–Crippen LogP) is 1.65. The first-order chi connectivity index (χ1) is 10.1. The van der Waals surface area contributed by atoms with Gasteiger partial charge in [0, 0.05) is 20.1 Å². The van der Waals surface area contributed by atoms with Crippen LogP contribution in [0.4, 0.5) is 0 Å². The molecule has 0 radical (unpaired) electrons. The zero-order chi connectivity index (χ0) is 15.7. The molecule has 0 saturated carbocycles. The first-order valence-electron chi connectivity index (χ1n) is 6.98. The van der Waals surface area contributed by atoms with E-state index in [2.05, 4.69) is 53.3 Å². The molecular weight excluding hydrogens is 264 g/mol. The molecule has 116 valence electrons. The molecule has 1 atom stereocenters. The first-order valence-corrected chi connectivity index (χ1v) is 6.98. The van der Waals surface area contributed by atoms with Crippen molar-refractivity contribution in [2.45, 2.75) is 6.04 Å². The van der Waals surface area contributed by atoms with Crippen molar-refractivity contribution in [3.05, 3.63) is 42.5 Å². The van der Waals surface area contributed by atoms with Crippen LogP contribution in [0.1, 0.15) is 11.6 Å². The smallest absolute Gasteiger partial charge is 0.191 e. The lowest BCUT2D eigenvalue weighted by Gasteiger charge is -2.26. The minimum absolute atomic E-state index is 0.224.